The van der Waals surface area contributed by atoms with Gasteiger partial charge in [-0.1, -0.05) is 17.7 Å². The van der Waals surface area contributed by atoms with E-state index in [1.165, 1.54) is 0 Å². The van der Waals surface area contributed by atoms with E-state index in [1.807, 2.05) is 18.2 Å². The van der Waals surface area contributed by atoms with Gasteiger partial charge in [-0.05, 0) is 68.3 Å². The van der Waals surface area contributed by atoms with Crippen LogP contribution in [-0.4, -0.2) is 5.91 Å². The fourth-order valence-electron chi connectivity index (χ4n) is 1.41. The molecule has 0 aromatic heterocycles. The number of halogens is 3. The average Bonchev–Trinajstić information content (AvgIpc) is 2.34. The second-order valence-corrected chi connectivity index (χ2v) is 5.74. The van der Waals surface area contributed by atoms with Crippen molar-refractivity contribution in [3.8, 4) is 0 Å². The molecule has 0 saturated heterocycles. The van der Waals surface area contributed by atoms with Crippen molar-refractivity contribution in [1.82, 2.24) is 0 Å². The maximum absolute atomic E-state index is 12.0. The van der Waals surface area contributed by atoms with Crippen LogP contribution in [0.1, 0.15) is 10.4 Å². The summed E-state index contributed by atoms with van der Waals surface area (Å²) < 4.78 is 1.81. The Morgan fingerprint density at radius 1 is 1.06 bits per heavy atom. The van der Waals surface area contributed by atoms with Crippen molar-refractivity contribution < 1.29 is 4.79 Å². The van der Waals surface area contributed by atoms with Crippen molar-refractivity contribution in [2.24, 2.45) is 0 Å². The molecule has 2 aromatic rings. The Labute approximate surface area is 127 Å². The van der Waals surface area contributed by atoms with E-state index >= 15 is 0 Å². The summed E-state index contributed by atoms with van der Waals surface area (Å²) >= 11 is 12.6. The lowest BCUT2D eigenvalue weighted by Crippen LogP contribution is -2.11. The van der Waals surface area contributed by atoms with Crippen LogP contribution in [-0.2, 0) is 0 Å². The summed E-state index contributed by atoms with van der Waals surface area (Å²) in [6.07, 6.45) is 0. The number of hydrogen-bond acceptors (Lipinski definition) is 1. The van der Waals surface area contributed by atoms with Crippen molar-refractivity contribution in [2.75, 3.05) is 5.32 Å². The highest BCUT2D eigenvalue weighted by Gasteiger charge is 2.07. The molecule has 0 radical (unpaired) electrons. The van der Waals surface area contributed by atoms with Gasteiger partial charge in [0.25, 0.3) is 5.91 Å². The van der Waals surface area contributed by atoms with Gasteiger partial charge in [0.2, 0.25) is 0 Å². The van der Waals surface area contributed by atoms with E-state index in [4.69, 9.17) is 11.6 Å². The molecule has 0 saturated carbocycles. The lowest BCUT2D eigenvalue weighted by molar-refractivity contribution is 0.102. The van der Waals surface area contributed by atoms with Crippen LogP contribution in [0.2, 0.25) is 5.02 Å². The van der Waals surface area contributed by atoms with Crippen LogP contribution in [0.4, 0.5) is 5.69 Å². The molecule has 0 spiro atoms. The fourth-order valence-corrected chi connectivity index (χ4v) is 2.22. The molecular weight excluding hydrogens is 381 g/mol. The number of amides is 1. The molecule has 5 heteroatoms. The smallest absolute Gasteiger partial charge is 0.255 e. The van der Waals surface area contributed by atoms with Gasteiger partial charge in [-0.3, -0.25) is 4.79 Å². The third kappa shape index (κ3) is 3.34. The number of hydrogen-bond donors (Lipinski definition) is 1. The minimum atomic E-state index is -0.188. The molecule has 0 atom stereocenters. The fraction of sp³-hybridized carbons (Fsp3) is 0. The van der Waals surface area contributed by atoms with E-state index in [1.54, 1.807) is 24.3 Å². The quantitative estimate of drug-likeness (QED) is 0.759. The van der Waals surface area contributed by atoms with Gasteiger partial charge in [0.1, 0.15) is 0 Å². The Bertz CT molecular complexity index is 601. The van der Waals surface area contributed by atoms with Gasteiger partial charge in [0, 0.05) is 25.2 Å². The van der Waals surface area contributed by atoms with Crippen LogP contribution >= 0.6 is 43.5 Å². The van der Waals surface area contributed by atoms with Crippen molar-refractivity contribution in [3.05, 3.63) is 62.0 Å². The van der Waals surface area contributed by atoms with Crippen LogP contribution < -0.4 is 5.32 Å². The van der Waals surface area contributed by atoms with Crippen LogP contribution in [0, 0.1) is 0 Å². The van der Waals surface area contributed by atoms with Crippen molar-refractivity contribution >= 4 is 55.1 Å². The lowest BCUT2D eigenvalue weighted by Gasteiger charge is -2.06. The summed E-state index contributed by atoms with van der Waals surface area (Å²) in [6, 6.07) is 12.3. The number of benzene rings is 2. The monoisotopic (exact) mass is 387 g/mol. The zero-order chi connectivity index (χ0) is 13.1. The lowest BCUT2D eigenvalue weighted by atomic mass is 10.2. The van der Waals surface area contributed by atoms with Gasteiger partial charge in [-0.15, -0.1) is 0 Å². The second kappa shape index (κ2) is 5.87. The molecule has 0 fully saturated rings. The van der Waals surface area contributed by atoms with Crippen LogP contribution in [0.25, 0.3) is 0 Å². The van der Waals surface area contributed by atoms with Gasteiger partial charge < -0.3 is 5.32 Å². The van der Waals surface area contributed by atoms with E-state index in [0.29, 0.717) is 10.6 Å². The number of anilines is 1. The highest BCUT2D eigenvalue weighted by molar-refractivity contribution is 9.13. The molecule has 0 aliphatic rings. The minimum Gasteiger partial charge on any atom is -0.322 e. The number of rotatable bonds is 2. The van der Waals surface area contributed by atoms with Crippen molar-refractivity contribution in [3.63, 3.8) is 0 Å². The van der Waals surface area contributed by atoms with Crippen molar-refractivity contribution in [2.45, 2.75) is 0 Å². The Kier molecular flexibility index (Phi) is 4.43. The molecule has 18 heavy (non-hydrogen) atoms. The van der Waals surface area contributed by atoms with Gasteiger partial charge >= 0.3 is 0 Å². The molecule has 0 unspecified atom stereocenters. The topological polar surface area (TPSA) is 29.1 Å². The number of nitrogens with one attached hydrogen (secondary N) is 1. The van der Waals surface area contributed by atoms with Gasteiger partial charge in [-0.2, -0.15) is 0 Å². The summed E-state index contributed by atoms with van der Waals surface area (Å²) in [5.41, 5.74) is 1.25. The second-order valence-electron chi connectivity index (χ2n) is 3.59. The molecule has 2 nitrogen and oxygen atoms in total. The Balaban J connectivity index is 2.18. The highest BCUT2D eigenvalue weighted by atomic mass is 79.9. The maximum Gasteiger partial charge on any atom is 0.255 e. The van der Waals surface area contributed by atoms with E-state index < -0.39 is 0 Å². The zero-order valence-corrected chi connectivity index (χ0v) is 13.0. The molecule has 0 aliphatic carbocycles. The summed E-state index contributed by atoms with van der Waals surface area (Å²) in [4.78, 5) is 12.0. The molecule has 1 amide bonds. The van der Waals surface area contributed by atoms with E-state index in [2.05, 4.69) is 37.2 Å². The molecule has 2 rings (SSSR count). The van der Waals surface area contributed by atoms with Crippen LogP contribution in [0.3, 0.4) is 0 Å². The predicted octanol–water partition coefficient (Wildman–Crippen LogP) is 5.12. The Morgan fingerprint density at radius 3 is 2.50 bits per heavy atom. The first kappa shape index (κ1) is 13.6. The molecular formula is C13H8Br2ClNO. The Morgan fingerprint density at radius 2 is 1.83 bits per heavy atom. The maximum atomic E-state index is 12.0. The van der Waals surface area contributed by atoms with E-state index in [0.717, 1.165) is 14.6 Å². The molecule has 1 N–H and O–H groups in total. The summed E-state index contributed by atoms with van der Waals surface area (Å²) in [5.74, 6) is -0.188. The van der Waals surface area contributed by atoms with Crippen molar-refractivity contribution in [1.29, 1.82) is 0 Å². The largest absolute Gasteiger partial charge is 0.322 e. The minimum absolute atomic E-state index is 0.188. The first-order valence-corrected chi connectivity index (χ1v) is 7.04. The van der Waals surface area contributed by atoms with Crippen LogP contribution in [0.15, 0.2) is 51.4 Å². The van der Waals surface area contributed by atoms with E-state index in [-0.39, 0.29) is 5.91 Å². The normalized spacial score (nSPS) is 10.2. The number of carbonyl (C=O) groups is 1. The molecule has 2 aromatic carbocycles. The molecule has 0 heterocycles. The zero-order valence-electron chi connectivity index (χ0n) is 9.08. The predicted molar refractivity (Wildman–Crippen MR) is 81.2 cm³/mol. The van der Waals surface area contributed by atoms with Gasteiger partial charge in [0.15, 0.2) is 0 Å². The first-order chi connectivity index (χ1) is 8.56. The standard InChI is InChI=1S/C13H8Br2ClNO/c14-11-5-4-10(7-12(11)15)17-13(18)8-2-1-3-9(16)6-8/h1-7H,(H,17,18). The third-order valence-corrected chi connectivity index (χ3v) is 4.38. The summed E-state index contributed by atoms with van der Waals surface area (Å²) in [6.45, 7) is 0. The summed E-state index contributed by atoms with van der Waals surface area (Å²) in [5, 5.41) is 3.35. The van der Waals surface area contributed by atoms with E-state index in [9.17, 15) is 4.79 Å². The van der Waals surface area contributed by atoms with Crippen LogP contribution in [0.5, 0.6) is 0 Å². The number of carbonyl (C=O) groups excluding carboxylic acids is 1. The first-order valence-electron chi connectivity index (χ1n) is 5.08. The average molecular weight is 389 g/mol. The third-order valence-electron chi connectivity index (χ3n) is 2.26. The van der Waals surface area contributed by atoms with Gasteiger partial charge in [0.05, 0.1) is 0 Å². The molecule has 0 bridgehead atoms. The Hall–Kier alpha value is -0.840. The van der Waals surface area contributed by atoms with Gasteiger partial charge in [-0.25, -0.2) is 0 Å². The highest BCUT2D eigenvalue weighted by Crippen LogP contribution is 2.26. The molecule has 0 aliphatic heterocycles. The summed E-state index contributed by atoms with van der Waals surface area (Å²) in [7, 11) is 0. The molecule has 92 valence electrons. The SMILES string of the molecule is O=C(Nc1ccc(Br)c(Br)c1)c1cccc(Cl)c1.